The van der Waals surface area contributed by atoms with Crippen molar-refractivity contribution in [1.29, 1.82) is 0 Å². The van der Waals surface area contributed by atoms with Gasteiger partial charge in [0.2, 0.25) is 0 Å². The van der Waals surface area contributed by atoms with E-state index in [1.165, 1.54) is 0 Å². The predicted molar refractivity (Wildman–Crippen MR) is 52.4 cm³/mol. The molecule has 0 aromatic rings. The van der Waals surface area contributed by atoms with Crippen LogP contribution in [0.3, 0.4) is 0 Å². The maximum atomic E-state index is 5.53. The van der Waals surface area contributed by atoms with Gasteiger partial charge in [-0.15, -0.1) is 0 Å². The van der Waals surface area contributed by atoms with Crippen molar-refractivity contribution < 1.29 is 0 Å². The number of hydrogen-bond donors (Lipinski definition) is 0. The minimum atomic E-state index is -1.37. The fourth-order valence-electron chi connectivity index (χ4n) is 0.632. The van der Waals surface area contributed by atoms with Gasteiger partial charge >= 0.3 is 71.8 Å². The Kier molecular flexibility index (Phi) is 5.55. The predicted octanol–water partition coefficient (Wildman–Crippen LogP) is 3.44. The molecule has 2 heteroatoms. The SMILES string of the molecule is [CH3][Ge]([CH3])([CH3])/[CH]=C\CCCCl. The van der Waals surface area contributed by atoms with E-state index in [1.54, 1.807) is 0 Å². The summed E-state index contributed by atoms with van der Waals surface area (Å²) in [6.45, 7) is 0. The van der Waals surface area contributed by atoms with E-state index in [0.717, 1.165) is 18.7 Å². The van der Waals surface area contributed by atoms with E-state index in [9.17, 15) is 0 Å². The number of halogens is 1. The zero-order chi connectivity index (χ0) is 8.04. The molecule has 0 nitrogen and oxygen atoms in total. The van der Waals surface area contributed by atoms with Crippen molar-refractivity contribution in [2.24, 2.45) is 0 Å². The van der Waals surface area contributed by atoms with Gasteiger partial charge in [-0.1, -0.05) is 0 Å². The van der Waals surface area contributed by atoms with Crippen LogP contribution in [0.25, 0.3) is 0 Å². The first-order valence-electron chi connectivity index (χ1n) is 3.80. The Morgan fingerprint density at radius 1 is 1.30 bits per heavy atom. The quantitative estimate of drug-likeness (QED) is 0.387. The summed E-state index contributed by atoms with van der Waals surface area (Å²) in [5, 5.41) is 0. The van der Waals surface area contributed by atoms with Gasteiger partial charge in [0.1, 0.15) is 0 Å². The van der Waals surface area contributed by atoms with Crippen molar-refractivity contribution >= 4 is 24.9 Å². The molecule has 0 saturated carbocycles. The van der Waals surface area contributed by atoms with E-state index in [1.807, 2.05) is 0 Å². The number of unbranched alkanes of at least 4 members (excludes halogenated alkanes) is 1. The summed E-state index contributed by atoms with van der Waals surface area (Å²) in [6, 6.07) is 0. The molecule has 0 spiro atoms. The Balaban J connectivity index is 3.37. The summed E-state index contributed by atoms with van der Waals surface area (Å²) < 4.78 is 0. The molecule has 10 heavy (non-hydrogen) atoms. The molecule has 0 N–H and O–H groups in total. The van der Waals surface area contributed by atoms with Crippen molar-refractivity contribution in [2.45, 2.75) is 30.1 Å². The Labute approximate surface area is 72.0 Å². The third-order valence-electron chi connectivity index (χ3n) is 1.12. The van der Waals surface area contributed by atoms with Crippen LogP contribution in [0.5, 0.6) is 0 Å². The average molecular weight is 221 g/mol. The molecular weight excluding hydrogens is 204 g/mol. The van der Waals surface area contributed by atoms with Gasteiger partial charge in [0, 0.05) is 0 Å². The van der Waals surface area contributed by atoms with Crippen LogP contribution in [-0.2, 0) is 0 Å². The zero-order valence-corrected chi connectivity index (χ0v) is 10.0. The summed E-state index contributed by atoms with van der Waals surface area (Å²) >= 11 is 4.16. The Morgan fingerprint density at radius 3 is 2.30 bits per heavy atom. The first kappa shape index (κ1) is 10.6. The molecule has 0 saturated heterocycles. The molecule has 0 rings (SSSR count). The van der Waals surface area contributed by atoms with Crippen molar-refractivity contribution in [3.63, 3.8) is 0 Å². The van der Waals surface area contributed by atoms with Gasteiger partial charge in [0.05, 0.1) is 0 Å². The molecule has 0 fully saturated rings. The summed E-state index contributed by atoms with van der Waals surface area (Å²) in [7, 11) is 0. The first-order valence-corrected chi connectivity index (χ1v) is 11.8. The van der Waals surface area contributed by atoms with Crippen LogP contribution < -0.4 is 0 Å². The van der Waals surface area contributed by atoms with Crippen LogP contribution in [-0.4, -0.2) is 19.1 Å². The standard InChI is InChI=1S/C8H17ClGe/c1-10(2,3)8-6-4-5-7-9/h6,8H,4-5,7H2,1-3H3/b8-6-. The molecule has 0 unspecified atom stereocenters. The van der Waals surface area contributed by atoms with Gasteiger partial charge in [0.25, 0.3) is 0 Å². The Morgan fingerprint density at radius 2 is 1.90 bits per heavy atom. The monoisotopic (exact) mass is 222 g/mol. The second-order valence-electron chi connectivity index (χ2n) is 3.60. The van der Waals surface area contributed by atoms with Crippen LogP contribution >= 0.6 is 11.6 Å². The number of alkyl halides is 1. The normalized spacial score (nSPS) is 12.8. The topological polar surface area (TPSA) is 0 Å². The molecule has 0 aromatic carbocycles. The molecule has 0 amide bonds. The van der Waals surface area contributed by atoms with Gasteiger partial charge in [-0.05, 0) is 0 Å². The molecule has 60 valence electrons. The summed E-state index contributed by atoms with van der Waals surface area (Å²) in [4.78, 5) is 2.42. The van der Waals surface area contributed by atoms with Crippen molar-refractivity contribution in [1.82, 2.24) is 0 Å². The Bertz CT molecular complexity index is 102. The molecule has 0 aromatic heterocycles. The number of hydrogen-bond acceptors (Lipinski definition) is 0. The van der Waals surface area contributed by atoms with E-state index in [0.29, 0.717) is 0 Å². The molecule has 0 radical (unpaired) electrons. The van der Waals surface area contributed by atoms with E-state index in [2.05, 4.69) is 28.3 Å². The van der Waals surface area contributed by atoms with Crippen molar-refractivity contribution in [3.05, 3.63) is 11.0 Å². The molecular formula is C8H17ClGe. The molecule has 0 aliphatic carbocycles. The van der Waals surface area contributed by atoms with Gasteiger partial charge in [-0.3, -0.25) is 0 Å². The van der Waals surface area contributed by atoms with E-state index < -0.39 is 13.3 Å². The summed E-state index contributed by atoms with van der Waals surface area (Å²) in [5.41, 5.74) is 0. The first-order chi connectivity index (χ1) is 4.56. The van der Waals surface area contributed by atoms with Crippen molar-refractivity contribution in [3.8, 4) is 0 Å². The average Bonchev–Trinajstić information content (AvgIpc) is 1.78. The fraction of sp³-hybridized carbons (Fsp3) is 0.750. The van der Waals surface area contributed by atoms with Crippen LogP contribution in [0.15, 0.2) is 11.0 Å². The van der Waals surface area contributed by atoms with Crippen LogP contribution in [0.4, 0.5) is 0 Å². The van der Waals surface area contributed by atoms with Gasteiger partial charge in [-0.2, -0.15) is 0 Å². The molecule has 0 aliphatic heterocycles. The second kappa shape index (κ2) is 5.25. The van der Waals surface area contributed by atoms with Gasteiger partial charge < -0.3 is 0 Å². The maximum absolute atomic E-state index is 5.53. The second-order valence-corrected chi connectivity index (χ2v) is 14.6. The summed E-state index contributed by atoms with van der Waals surface area (Å²) in [5.74, 6) is 7.95. The molecule has 0 aliphatic rings. The van der Waals surface area contributed by atoms with Crippen LogP contribution in [0, 0.1) is 0 Å². The van der Waals surface area contributed by atoms with E-state index >= 15 is 0 Å². The third kappa shape index (κ3) is 8.57. The van der Waals surface area contributed by atoms with Crippen molar-refractivity contribution in [2.75, 3.05) is 5.88 Å². The van der Waals surface area contributed by atoms with Crippen LogP contribution in [0.1, 0.15) is 12.8 Å². The van der Waals surface area contributed by atoms with Crippen LogP contribution in [0.2, 0.25) is 17.3 Å². The molecule has 0 heterocycles. The number of rotatable bonds is 4. The third-order valence-corrected chi connectivity index (χ3v) is 3.98. The van der Waals surface area contributed by atoms with Gasteiger partial charge in [-0.25, -0.2) is 0 Å². The summed E-state index contributed by atoms with van der Waals surface area (Å²) in [6.07, 6.45) is 4.57. The van der Waals surface area contributed by atoms with E-state index in [4.69, 9.17) is 11.6 Å². The zero-order valence-electron chi connectivity index (χ0n) is 7.15. The fourth-order valence-corrected chi connectivity index (χ4v) is 2.62. The van der Waals surface area contributed by atoms with Gasteiger partial charge in [0.15, 0.2) is 0 Å². The molecule has 0 atom stereocenters. The minimum absolute atomic E-state index is 0.793. The molecule has 0 bridgehead atoms. The number of allylic oxidation sites excluding steroid dienone is 1. The Hall–Kier alpha value is 0.573. The van der Waals surface area contributed by atoms with E-state index in [-0.39, 0.29) is 0 Å².